The molecule has 1 aromatic rings. The minimum absolute atomic E-state index is 0.0216. The molecular weight excluding hydrogens is 294 g/mol. The highest BCUT2D eigenvalue weighted by molar-refractivity contribution is 7.89. The van der Waals surface area contributed by atoms with Crippen molar-refractivity contribution in [2.45, 2.75) is 10.9 Å². The molecule has 1 fully saturated rings. The molecule has 0 saturated carbocycles. The first-order valence-electron chi connectivity index (χ1n) is 6.59. The second kappa shape index (κ2) is 6.62. The van der Waals surface area contributed by atoms with Gasteiger partial charge in [-0.3, -0.25) is 10.3 Å². The van der Waals surface area contributed by atoms with Crippen molar-refractivity contribution in [3.8, 4) is 0 Å². The molecule has 0 aromatic carbocycles. The molecule has 118 valence electrons. The number of rotatable bonds is 5. The summed E-state index contributed by atoms with van der Waals surface area (Å²) in [6, 6.07) is 0.143. The van der Waals surface area contributed by atoms with Gasteiger partial charge in [0.15, 0.2) is 0 Å². The van der Waals surface area contributed by atoms with Gasteiger partial charge in [0.1, 0.15) is 4.90 Å². The number of hydrogen-bond acceptors (Lipinski definition) is 8. The second-order valence-corrected chi connectivity index (χ2v) is 6.90. The molecule has 1 aromatic heterocycles. The van der Waals surface area contributed by atoms with E-state index in [4.69, 9.17) is 5.84 Å². The van der Waals surface area contributed by atoms with Crippen LogP contribution in [0.2, 0.25) is 0 Å². The number of nitrogen functional groups attached to an aromatic ring is 1. The van der Waals surface area contributed by atoms with Crippen molar-refractivity contribution in [3.63, 3.8) is 0 Å². The Morgan fingerprint density at radius 3 is 2.62 bits per heavy atom. The van der Waals surface area contributed by atoms with Crippen LogP contribution in [0.15, 0.2) is 17.3 Å². The zero-order valence-corrected chi connectivity index (χ0v) is 13.0. The summed E-state index contributed by atoms with van der Waals surface area (Å²) in [5, 5.41) is 0. The number of nitrogens with two attached hydrogens (primary N) is 1. The number of hydrazine groups is 1. The van der Waals surface area contributed by atoms with E-state index in [-0.39, 0.29) is 16.9 Å². The average molecular weight is 315 g/mol. The maximum Gasteiger partial charge on any atom is 0.243 e. The fraction of sp³-hybridized carbons (Fsp3) is 0.636. The topological polar surface area (TPSA) is 116 Å². The molecule has 10 heteroatoms. The normalized spacial score (nSPS) is 21.4. The summed E-state index contributed by atoms with van der Waals surface area (Å²) in [5.41, 5.74) is 2.25. The minimum Gasteiger partial charge on any atom is -0.303 e. The fourth-order valence-electron chi connectivity index (χ4n) is 2.14. The van der Waals surface area contributed by atoms with Gasteiger partial charge in [-0.1, -0.05) is 0 Å². The summed E-state index contributed by atoms with van der Waals surface area (Å²) in [4.78, 5) is 12.0. The van der Waals surface area contributed by atoms with Gasteiger partial charge in [-0.25, -0.2) is 29.0 Å². The van der Waals surface area contributed by atoms with Crippen LogP contribution in [0, 0.1) is 0 Å². The molecule has 0 spiro atoms. The molecule has 2 heterocycles. The second-order valence-electron chi connectivity index (χ2n) is 5.14. The van der Waals surface area contributed by atoms with Crippen LogP contribution in [0.3, 0.4) is 0 Å². The van der Waals surface area contributed by atoms with E-state index in [1.54, 1.807) is 0 Å². The molecule has 0 amide bonds. The fourth-order valence-corrected chi connectivity index (χ4v) is 3.10. The van der Waals surface area contributed by atoms with E-state index in [9.17, 15) is 8.42 Å². The van der Waals surface area contributed by atoms with E-state index in [1.807, 2.05) is 14.1 Å². The molecule has 1 unspecified atom stereocenters. The average Bonchev–Trinajstić information content (AvgIpc) is 2.48. The van der Waals surface area contributed by atoms with Crippen LogP contribution in [0.1, 0.15) is 0 Å². The highest BCUT2D eigenvalue weighted by atomic mass is 32.2. The monoisotopic (exact) mass is 315 g/mol. The van der Waals surface area contributed by atoms with E-state index in [2.05, 4.69) is 29.9 Å². The van der Waals surface area contributed by atoms with Gasteiger partial charge >= 0.3 is 0 Å². The van der Waals surface area contributed by atoms with Crippen molar-refractivity contribution < 1.29 is 8.42 Å². The smallest absolute Gasteiger partial charge is 0.243 e. The van der Waals surface area contributed by atoms with Crippen LogP contribution in [0.4, 0.5) is 5.95 Å². The molecule has 1 aliphatic rings. The predicted molar refractivity (Wildman–Crippen MR) is 78.9 cm³/mol. The molecule has 21 heavy (non-hydrogen) atoms. The Kier molecular flexibility index (Phi) is 5.06. The number of nitrogens with zero attached hydrogens (tertiary/aromatic N) is 4. The molecule has 1 saturated heterocycles. The van der Waals surface area contributed by atoms with Crippen molar-refractivity contribution in [3.05, 3.63) is 12.4 Å². The third-order valence-corrected chi connectivity index (χ3v) is 4.93. The number of sulfonamides is 1. The summed E-state index contributed by atoms with van der Waals surface area (Å²) in [5.74, 6) is 5.31. The van der Waals surface area contributed by atoms with E-state index in [0.717, 1.165) is 19.6 Å². The van der Waals surface area contributed by atoms with Crippen molar-refractivity contribution in [2.24, 2.45) is 5.84 Å². The zero-order valence-electron chi connectivity index (χ0n) is 12.2. The Labute approximate surface area is 124 Å². The lowest BCUT2D eigenvalue weighted by Crippen LogP contribution is -2.54. The number of piperazine rings is 1. The van der Waals surface area contributed by atoms with E-state index in [1.165, 1.54) is 12.4 Å². The van der Waals surface area contributed by atoms with Crippen LogP contribution < -0.4 is 16.0 Å². The Balaban J connectivity index is 2.00. The summed E-state index contributed by atoms with van der Waals surface area (Å²) in [7, 11) is 0.411. The molecular formula is C11H21N7O2S. The van der Waals surface area contributed by atoms with Crippen LogP contribution in [-0.2, 0) is 10.0 Å². The van der Waals surface area contributed by atoms with Gasteiger partial charge in [-0.15, -0.1) is 0 Å². The lowest BCUT2D eigenvalue weighted by Gasteiger charge is -2.37. The Hall–Kier alpha value is -1.33. The molecule has 9 nitrogen and oxygen atoms in total. The number of likely N-dealkylation sites (N-methyl/N-ethyl adjacent to an activating group) is 2. The largest absolute Gasteiger partial charge is 0.303 e. The predicted octanol–water partition coefficient (Wildman–Crippen LogP) is -1.71. The summed E-state index contributed by atoms with van der Waals surface area (Å²) in [6.07, 6.45) is 2.45. The van der Waals surface area contributed by atoms with Crippen molar-refractivity contribution in [2.75, 3.05) is 45.7 Å². The Bertz CT molecular complexity index is 562. The third-order valence-electron chi connectivity index (χ3n) is 3.56. The first-order chi connectivity index (χ1) is 9.92. The molecule has 2 rings (SSSR count). The Morgan fingerprint density at radius 1 is 1.33 bits per heavy atom. The van der Waals surface area contributed by atoms with E-state index >= 15 is 0 Å². The molecule has 1 atom stereocenters. The first kappa shape index (κ1) is 16.0. The molecule has 4 N–H and O–H groups in total. The standard InChI is InChI=1S/C11H21N7O2S/c1-17-3-4-18(2)9(8-17)5-15-21(19,20)10-6-13-11(16-12)14-7-10/h6-7,9,15H,3-5,8,12H2,1-2H3,(H,13,14,16). The van der Waals surface area contributed by atoms with Gasteiger partial charge in [0.25, 0.3) is 0 Å². The third kappa shape index (κ3) is 4.08. The Morgan fingerprint density at radius 2 is 2.00 bits per heavy atom. The van der Waals surface area contributed by atoms with Gasteiger partial charge in [0.05, 0.1) is 12.4 Å². The lowest BCUT2D eigenvalue weighted by atomic mass is 10.2. The maximum absolute atomic E-state index is 12.2. The minimum atomic E-state index is -3.61. The molecule has 1 aliphatic heterocycles. The lowest BCUT2D eigenvalue weighted by molar-refractivity contribution is 0.117. The van der Waals surface area contributed by atoms with E-state index in [0.29, 0.717) is 6.54 Å². The number of hydrogen-bond donors (Lipinski definition) is 3. The molecule has 0 bridgehead atoms. The first-order valence-corrected chi connectivity index (χ1v) is 8.08. The number of anilines is 1. The number of nitrogens with one attached hydrogen (secondary N) is 2. The summed E-state index contributed by atoms with van der Waals surface area (Å²) in [6.45, 7) is 3.08. The SMILES string of the molecule is CN1CCN(C)C(CNS(=O)(=O)c2cnc(NN)nc2)C1. The van der Waals surface area contributed by atoms with Crippen LogP contribution in [0.25, 0.3) is 0 Å². The van der Waals surface area contributed by atoms with Gasteiger partial charge in [0, 0.05) is 32.2 Å². The number of aromatic nitrogens is 2. The maximum atomic E-state index is 12.2. The summed E-state index contributed by atoms with van der Waals surface area (Å²) < 4.78 is 27.0. The van der Waals surface area contributed by atoms with Gasteiger partial charge in [-0.05, 0) is 14.1 Å². The van der Waals surface area contributed by atoms with Gasteiger partial charge < -0.3 is 4.90 Å². The summed E-state index contributed by atoms with van der Waals surface area (Å²) >= 11 is 0. The van der Waals surface area contributed by atoms with Crippen molar-refractivity contribution in [1.29, 1.82) is 0 Å². The zero-order chi connectivity index (χ0) is 15.5. The van der Waals surface area contributed by atoms with Crippen molar-refractivity contribution in [1.82, 2.24) is 24.5 Å². The van der Waals surface area contributed by atoms with Crippen LogP contribution in [-0.4, -0.2) is 74.5 Å². The highest BCUT2D eigenvalue weighted by Gasteiger charge is 2.24. The quantitative estimate of drug-likeness (QED) is 0.434. The van der Waals surface area contributed by atoms with Gasteiger partial charge in [0.2, 0.25) is 16.0 Å². The van der Waals surface area contributed by atoms with E-state index < -0.39 is 10.0 Å². The molecule has 0 aliphatic carbocycles. The van der Waals surface area contributed by atoms with Crippen LogP contribution >= 0.6 is 0 Å². The van der Waals surface area contributed by atoms with Gasteiger partial charge in [-0.2, -0.15) is 0 Å². The van der Waals surface area contributed by atoms with Crippen molar-refractivity contribution >= 4 is 16.0 Å². The highest BCUT2D eigenvalue weighted by Crippen LogP contribution is 2.09. The molecule has 0 radical (unpaired) electrons. The van der Waals surface area contributed by atoms with Crippen LogP contribution in [0.5, 0.6) is 0 Å².